The van der Waals surface area contributed by atoms with Crippen molar-refractivity contribution in [1.82, 2.24) is 15.3 Å². The molecule has 4 aromatic rings. The van der Waals surface area contributed by atoms with Crippen LogP contribution in [0.4, 0.5) is 0 Å². The van der Waals surface area contributed by atoms with Crippen LogP contribution in [0, 0.1) is 0 Å². The molecule has 0 bridgehead atoms. The number of nitrogens with zero attached hydrogens (tertiary/aromatic N) is 1. The maximum absolute atomic E-state index is 12.5. The van der Waals surface area contributed by atoms with Gasteiger partial charge in [0.05, 0.1) is 16.6 Å². The topological polar surface area (TPSA) is 95.1 Å². The molecular formula is C23H19N3O3. The molecule has 0 aliphatic rings. The lowest BCUT2D eigenvalue weighted by Gasteiger charge is -2.06. The number of carboxylic acids is 1. The minimum absolute atomic E-state index is 0.201. The molecule has 0 aliphatic heterocycles. The fraction of sp³-hybridized carbons (Fsp3) is 0.0870. The third-order valence-corrected chi connectivity index (χ3v) is 4.66. The van der Waals surface area contributed by atoms with Crippen LogP contribution < -0.4 is 5.32 Å². The van der Waals surface area contributed by atoms with Gasteiger partial charge in [-0.05, 0) is 41.5 Å². The molecule has 0 saturated heterocycles. The summed E-state index contributed by atoms with van der Waals surface area (Å²) in [5, 5.41) is 11.8. The van der Waals surface area contributed by atoms with E-state index in [2.05, 4.69) is 27.4 Å². The van der Waals surface area contributed by atoms with E-state index in [0.717, 1.165) is 22.4 Å². The standard InChI is InChI=1S/C23H19N3O3/c27-22(24-14-16-6-8-17(9-7-16)23(28)29)18-10-11-19-20(13-18)26-21(25-19)12-15-4-2-1-3-5-15/h1-11,13H,12,14H2,(H,24,27)(H,25,26)(H,28,29). The molecule has 0 unspecified atom stereocenters. The zero-order valence-corrected chi connectivity index (χ0v) is 15.6. The van der Waals surface area contributed by atoms with E-state index in [1.165, 1.54) is 17.7 Å². The van der Waals surface area contributed by atoms with Crippen LogP contribution >= 0.6 is 0 Å². The molecule has 0 radical (unpaired) electrons. The molecule has 144 valence electrons. The molecule has 0 spiro atoms. The highest BCUT2D eigenvalue weighted by Gasteiger charge is 2.10. The molecule has 1 amide bonds. The lowest BCUT2D eigenvalue weighted by molar-refractivity contribution is 0.0696. The summed E-state index contributed by atoms with van der Waals surface area (Å²) in [4.78, 5) is 31.3. The number of aromatic nitrogens is 2. The predicted molar refractivity (Wildman–Crippen MR) is 110 cm³/mol. The summed E-state index contributed by atoms with van der Waals surface area (Å²) in [5.74, 6) is -0.323. The molecule has 0 aliphatic carbocycles. The van der Waals surface area contributed by atoms with Crippen molar-refractivity contribution < 1.29 is 14.7 Å². The normalized spacial score (nSPS) is 10.8. The average molecular weight is 385 g/mol. The monoisotopic (exact) mass is 385 g/mol. The van der Waals surface area contributed by atoms with E-state index < -0.39 is 5.97 Å². The summed E-state index contributed by atoms with van der Waals surface area (Å²) in [6.45, 7) is 0.318. The number of H-pyrrole nitrogens is 1. The number of fused-ring (bicyclic) bond motifs is 1. The Morgan fingerprint density at radius 3 is 2.34 bits per heavy atom. The van der Waals surface area contributed by atoms with E-state index in [4.69, 9.17) is 5.11 Å². The van der Waals surface area contributed by atoms with Crippen molar-refractivity contribution in [2.24, 2.45) is 0 Å². The number of aromatic amines is 1. The SMILES string of the molecule is O=C(O)c1ccc(CNC(=O)c2ccc3nc(Cc4ccccc4)[nH]c3c2)cc1. The molecule has 1 aromatic heterocycles. The number of hydrogen-bond acceptors (Lipinski definition) is 3. The number of hydrogen-bond donors (Lipinski definition) is 3. The van der Waals surface area contributed by atoms with Gasteiger partial charge in [-0.2, -0.15) is 0 Å². The summed E-state index contributed by atoms with van der Waals surface area (Å²) in [6, 6.07) is 21.9. The molecule has 6 nitrogen and oxygen atoms in total. The molecule has 0 atom stereocenters. The van der Waals surface area contributed by atoms with Gasteiger partial charge in [-0.25, -0.2) is 9.78 Å². The Hall–Kier alpha value is -3.93. The van der Waals surface area contributed by atoms with Gasteiger partial charge in [-0.3, -0.25) is 4.79 Å². The quantitative estimate of drug-likeness (QED) is 0.471. The number of rotatable bonds is 6. The number of carbonyl (C=O) groups is 2. The predicted octanol–water partition coefficient (Wildman–Crippen LogP) is 3.78. The molecule has 6 heteroatoms. The van der Waals surface area contributed by atoms with Crippen LogP contribution in [0.1, 0.15) is 37.7 Å². The molecule has 0 fully saturated rings. The lowest BCUT2D eigenvalue weighted by atomic mass is 10.1. The van der Waals surface area contributed by atoms with Crippen molar-refractivity contribution in [2.75, 3.05) is 0 Å². The molecule has 1 heterocycles. The van der Waals surface area contributed by atoms with Gasteiger partial charge >= 0.3 is 5.97 Å². The van der Waals surface area contributed by atoms with Gasteiger partial charge in [0.1, 0.15) is 5.82 Å². The lowest BCUT2D eigenvalue weighted by Crippen LogP contribution is -2.22. The minimum atomic E-state index is -0.972. The highest BCUT2D eigenvalue weighted by atomic mass is 16.4. The van der Waals surface area contributed by atoms with Crippen molar-refractivity contribution in [3.63, 3.8) is 0 Å². The summed E-state index contributed by atoms with van der Waals surface area (Å²) < 4.78 is 0. The fourth-order valence-electron chi connectivity index (χ4n) is 3.13. The summed E-state index contributed by atoms with van der Waals surface area (Å²) in [7, 11) is 0. The van der Waals surface area contributed by atoms with Crippen LogP contribution in [0.2, 0.25) is 0 Å². The number of carbonyl (C=O) groups excluding carboxylic acids is 1. The van der Waals surface area contributed by atoms with E-state index in [1.807, 2.05) is 24.3 Å². The molecule has 3 aromatic carbocycles. The zero-order chi connectivity index (χ0) is 20.2. The highest BCUT2D eigenvalue weighted by molar-refractivity contribution is 5.97. The fourth-order valence-corrected chi connectivity index (χ4v) is 3.13. The van der Waals surface area contributed by atoms with Gasteiger partial charge in [0, 0.05) is 18.5 Å². The van der Waals surface area contributed by atoms with Gasteiger partial charge in [0.15, 0.2) is 0 Å². The van der Waals surface area contributed by atoms with Crippen LogP contribution in [-0.2, 0) is 13.0 Å². The molecule has 29 heavy (non-hydrogen) atoms. The number of amides is 1. The highest BCUT2D eigenvalue weighted by Crippen LogP contribution is 2.16. The van der Waals surface area contributed by atoms with Crippen LogP contribution in [-0.4, -0.2) is 27.0 Å². The first-order chi connectivity index (χ1) is 14.1. The Morgan fingerprint density at radius 1 is 0.897 bits per heavy atom. The van der Waals surface area contributed by atoms with Crippen molar-refractivity contribution >= 4 is 22.9 Å². The average Bonchev–Trinajstić information content (AvgIpc) is 3.14. The van der Waals surface area contributed by atoms with Gasteiger partial charge in [0.25, 0.3) is 5.91 Å². The zero-order valence-electron chi connectivity index (χ0n) is 15.6. The van der Waals surface area contributed by atoms with Crippen LogP contribution in [0.15, 0.2) is 72.8 Å². The first-order valence-electron chi connectivity index (χ1n) is 9.21. The maximum atomic E-state index is 12.5. The summed E-state index contributed by atoms with van der Waals surface area (Å²) in [6.07, 6.45) is 0.698. The van der Waals surface area contributed by atoms with Crippen molar-refractivity contribution in [3.8, 4) is 0 Å². The number of imidazole rings is 1. The largest absolute Gasteiger partial charge is 0.478 e. The third kappa shape index (κ3) is 4.32. The first-order valence-corrected chi connectivity index (χ1v) is 9.21. The summed E-state index contributed by atoms with van der Waals surface area (Å²) >= 11 is 0. The molecular weight excluding hydrogens is 366 g/mol. The minimum Gasteiger partial charge on any atom is -0.478 e. The number of carboxylic acid groups (broad SMARTS) is 1. The Labute approximate surface area is 167 Å². The Morgan fingerprint density at radius 2 is 1.62 bits per heavy atom. The van der Waals surface area contributed by atoms with E-state index >= 15 is 0 Å². The van der Waals surface area contributed by atoms with Crippen molar-refractivity contribution in [2.45, 2.75) is 13.0 Å². The summed E-state index contributed by atoms with van der Waals surface area (Å²) in [5.41, 5.74) is 4.38. The molecule has 3 N–H and O–H groups in total. The van der Waals surface area contributed by atoms with Gasteiger partial charge < -0.3 is 15.4 Å². The van der Waals surface area contributed by atoms with Crippen LogP contribution in [0.5, 0.6) is 0 Å². The van der Waals surface area contributed by atoms with Crippen LogP contribution in [0.25, 0.3) is 11.0 Å². The van der Waals surface area contributed by atoms with E-state index in [1.54, 1.807) is 24.3 Å². The second-order valence-corrected chi connectivity index (χ2v) is 6.76. The molecule has 4 rings (SSSR count). The molecule has 0 saturated carbocycles. The second-order valence-electron chi connectivity index (χ2n) is 6.76. The van der Waals surface area contributed by atoms with Crippen LogP contribution in [0.3, 0.4) is 0 Å². The Kier molecular flexibility index (Phi) is 5.07. The number of aromatic carboxylic acids is 1. The second kappa shape index (κ2) is 7.98. The van der Waals surface area contributed by atoms with E-state index in [-0.39, 0.29) is 11.5 Å². The first kappa shape index (κ1) is 18.4. The number of nitrogens with one attached hydrogen (secondary N) is 2. The Bertz CT molecular complexity index is 1170. The van der Waals surface area contributed by atoms with Crippen molar-refractivity contribution in [3.05, 3.63) is 101 Å². The van der Waals surface area contributed by atoms with E-state index in [0.29, 0.717) is 18.5 Å². The third-order valence-electron chi connectivity index (χ3n) is 4.66. The smallest absolute Gasteiger partial charge is 0.335 e. The maximum Gasteiger partial charge on any atom is 0.335 e. The van der Waals surface area contributed by atoms with Gasteiger partial charge in [0.2, 0.25) is 0 Å². The number of benzene rings is 3. The Balaban J connectivity index is 1.44. The van der Waals surface area contributed by atoms with Gasteiger partial charge in [-0.15, -0.1) is 0 Å². The van der Waals surface area contributed by atoms with Gasteiger partial charge in [-0.1, -0.05) is 42.5 Å². The van der Waals surface area contributed by atoms with E-state index in [9.17, 15) is 9.59 Å². The van der Waals surface area contributed by atoms with Crippen molar-refractivity contribution in [1.29, 1.82) is 0 Å².